The van der Waals surface area contributed by atoms with E-state index in [0.717, 1.165) is 25.3 Å². The lowest BCUT2D eigenvalue weighted by Gasteiger charge is -2.35. The molecule has 1 aromatic carbocycles. The Morgan fingerprint density at radius 2 is 1.90 bits per heavy atom. The summed E-state index contributed by atoms with van der Waals surface area (Å²) in [4.78, 5) is 0. The summed E-state index contributed by atoms with van der Waals surface area (Å²) in [6.07, 6.45) is -1.18. The van der Waals surface area contributed by atoms with Gasteiger partial charge in [-0.1, -0.05) is 42.6 Å². The van der Waals surface area contributed by atoms with Gasteiger partial charge in [0.05, 0.1) is 5.56 Å². The van der Waals surface area contributed by atoms with Crippen molar-refractivity contribution in [3.63, 3.8) is 0 Å². The van der Waals surface area contributed by atoms with E-state index >= 15 is 0 Å². The Hall–Kier alpha value is -0.710. The summed E-state index contributed by atoms with van der Waals surface area (Å²) in [6.45, 7) is 4.29. The number of anilines is 1. The number of nitrogens with one attached hydrogen (secondary N) is 1. The van der Waals surface area contributed by atoms with Crippen LogP contribution >= 0.6 is 15.9 Å². The van der Waals surface area contributed by atoms with Crippen LogP contribution in [0.5, 0.6) is 0 Å². The van der Waals surface area contributed by atoms with Crippen LogP contribution in [0.1, 0.15) is 38.7 Å². The van der Waals surface area contributed by atoms with Crippen LogP contribution in [0.2, 0.25) is 0 Å². The largest absolute Gasteiger partial charge is 0.418 e. The molecule has 1 fully saturated rings. The average molecular weight is 350 g/mol. The number of halogens is 4. The predicted octanol–water partition coefficient (Wildman–Crippen LogP) is 5.70. The monoisotopic (exact) mass is 349 g/mol. The zero-order valence-corrected chi connectivity index (χ0v) is 13.2. The van der Waals surface area contributed by atoms with E-state index in [-0.39, 0.29) is 11.7 Å². The number of benzene rings is 1. The average Bonchev–Trinajstić information content (AvgIpc) is 2.36. The number of rotatable bonds is 2. The Balaban J connectivity index is 2.25. The Labute approximate surface area is 126 Å². The van der Waals surface area contributed by atoms with E-state index in [1.807, 2.05) is 0 Å². The second-order valence-corrected chi connectivity index (χ2v) is 6.62. The van der Waals surface area contributed by atoms with Gasteiger partial charge in [-0.25, -0.2) is 0 Å². The minimum atomic E-state index is -4.34. The first-order valence-electron chi connectivity index (χ1n) is 6.92. The van der Waals surface area contributed by atoms with Crippen LogP contribution < -0.4 is 5.32 Å². The Morgan fingerprint density at radius 3 is 2.55 bits per heavy atom. The van der Waals surface area contributed by atoms with Crippen molar-refractivity contribution >= 4 is 21.6 Å². The smallest absolute Gasteiger partial charge is 0.382 e. The highest BCUT2D eigenvalue weighted by atomic mass is 79.9. The molecule has 5 heteroatoms. The maximum Gasteiger partial charge on any atom is 0.418 e. The molecule has 3 unspecified atom stereocenters. The highest BCUT2D eigenvalue weighted by molar-refractivity contribution is 9.10. The van der Waals surface area contributed by atoms with Gasteiger partial charge in [-0.05, 0) is 36.5 Å². The van der Waals surface area contributed by atoms with Crippen molar-refractivity contribution in [2.45, 2.75) is 45.3 Å². The molecule has 0 spiro atoms. The van der Waals surface area contributed by atoms with E-state index in [1.165, 1.54) is 6.07 Å². The van der Waals surface area contributed by atoms with Gasteiger partial charge in [0, 0.05) is 16.2 Å². The molecular weight excluding hydrogens is 331 g/mol. The van der Waals surface area contributed by atoms with Gasteiger partial charge >= 0.3 is 6.18 Å². The van der Waals surface area contributed by atoms with Crippen molar-refractivity contribution in [1.82, 2.24) is 0 Å². The predicted molar refractivity (Wildman–Crippen MR) is 78.7 cm³/mol. The fourth-order valence-corrected chi connectivity index (χ4v) is 3.22. The summed E-state index contributed by atoms with van der Waals surface area (Å²) in [5.74, 6) is 0.930. The summed E-state index contributed by atoms with van der Waals surface area (Å²) in [7, 11) is 0. The van der Waals surface area contributed by atoms with Crippen LogP contribution in [0, 0.1) is 11.8 Å². The normalized spacial score (nSPS) is 27.4. The third-order valence-electron chi connectivity index (χ3n) is 4.33. The molecule has 0 aliphatic heterocycles. The van der Waals surface area contributed by atoms with Gasteiger partial charge < -0.3 is 5.32 Å². The van der Waals surface area contributed by atoms with E-state index in [0.29, 0.717) is 16.3 Å². The molecule has 1 aliphatic rings. The van der Waals surface area contributed by atoms with E-state index in [1.54, 1.807) is 6.07 Å². The van der Waals surface area contributed by atoms with Crippen LogP contribution in [0.3, 0.4) is 0 Å². The molecule has 1 N–H and O–H groups in total. The summed E-state index contributed by atoms with van der Waals surface area (Å²) < 4.78 is 39.7. The lowest BCUT2D eigenvalue weighted by molar-refractivity contribution is -0.137. The molecule has 1 saturated carbocycles. The van der Waals surface area contributed by atoms with Crippen LogP contribution in [-0.4, -0.2) is 6.04 Å². The van der Waals surface area contributed by atoms with E-state index in [2.05, 4.69) is 35.1 Å². The summed E-state index contributed by atoms with van der Waals surface area (Å²) in [6, 6.07) is 4.41. The second kappa shape index (κ2) is 5.96. The highest BCUT2D eigenvalue weighted by Crippen LogP contribution is 2.39. The van der Waals surface area contributed by atoms with Gasteiger partial charge in [-0.15, -0.1) is 0 Å². The fourth-order valence-electron chi connectivity index (χ4n) is 2.86. The first kappa shape index (κ1) is 15.7. The first-order valence-corrected chi connectivity index (χ1v) is 7.71. The zero-order chi connectivity index (χ0) is 14.9. The minimum Gasteiger partial charge on any atom is -0.382 e. The maximum absolute atomic E-state index is 13.1. The SMILES string of the molecule is CC1CCCC(Nc2ccc(Br)cc2C(F)(F)F)C1C. The van der Waals surface area contributed by atoms with Crippen LogP contribution in [-0.2, 0) is 6.18 Å². The first-order chi connectivity index (χ1) is 9.29. The standard InChI is InChI=1S/C15H19BrF3N/c1-9-4-3-5-13(10(9)2)20-14-7-6-11(16)8-12(14)15(17,18)19/h6-10,13,20H,3-5H2,1-2H3. The molecule has 20 heavy (non-hydrogen) atoms. The maximum atomic E-state index is 13.1. The molecule has 0 bridgehead atoms. The minimum absolute atomic E-state index is 0.112. The van der Waals surface area contributed by atoms with E-state index in [9.17, 15) is 13.2 Å². The molecule has 0 saturated heterocycles. The van der Waals surface area contributed by atoms with Gasteiger partial charge in [0.15, 0.2) is 0 Å². The van der Waals surface area contributed by atoms with Crippen molar-refractivity contribution in [2.75, 3.05) is 5.32 Å². The summed E-state index contributed by atoms with van der Waals surface area (Å²) in [5, 5.41) is 3.12. The lowest BCUT2D eigenvalue weighted by Crippen LogP contribution is -2.35. The Bertz CT molecular complexity index is 473. The van der Waals surface area contributed by atoms with Crippen molar-refractivity contribution in [3.05, 3.63) is 28.2 Å². The van der Waals surface area contributed by atoms with Gasteiger partial charge in [0.25, 0.3) is 0 Å². The van der Waals surface area contributed by atoms with Crippen molar-refractivity contribution in [3.8, 4) is 0 Å². The number of hydrogen-bond donors (Lipinski definition) is 1. The highest BCUT2D eigenvalue weighted by Gasteiger charge is 2.35. The molecule has 1 aliphatic carbocycles. The van der Waals surface area contributed by atoms with E-state index in [4.69, 9.17) is 0 Å². The van der Waals surface area contributed by atoms with Crippen LogP contribution in [0.25, 0.3) is 0 Å². The van der Waals surface area contributed by atoms with Gasteiger partial charge in [0.2, 0.25) is 0 Å². The lowest BCUT2D eigenvalue weighted by atomic mass is 9.78. The quantitative estimate of drug-likeness (QED) is 0.721. The summed E-state index contributed by atoms with van der Waals surface area (Å²) >= 11 is 3.11. The van der Waals surface area contributed by atoms with Crippen LogP contribution in [0.4, 0.5) is 18.9 Å². The second-order valence-electron chi connectivity index (χ2n) is 5.71. The van der Waals surface area contributed by atoms with Crippen molar-refractivity contribution in [2.24, 2.45) is 11.8 Å². The molecule has 0 aromatic heterocycles. The van der Waals surface area contributed by atoms with Gasteiger partial charge in [-0.3, -0.25) is 0 Å². The molecule has 112 valence electrons. The van der Waals surface area contributed by atoms with Crippen LogP contribution in [0.15, 0.2) is 22.7 Å². The third kappa shape index (κ3) is 3.48. The molecule has 1 aromatic rings. The molecule has 0 heterocycles. The van der Waals surface area contributed by atoms with Crippen molar-refractivity contribution in [1.29, 1.82) is 0 Å². The molecule has 2 rings (SSSR count). The summed E-state index contributed by atoms with van der Waals surface area (Å²) in [5.41, 5.74) is -0.413. The van der Waals surface area contributed by atoms with E-state index < -0.39 is 11.7 Å². The number of alkyl halides is 3. The Morgan fingerprint density at radius 1 is 1.20 bits per heavy atom. The van der Waals surface area contributed by atoms with Crippen molar-refractivity contribution < 1.29 is 13.2 Å². The third-order valence-corrected chi connectivity index (χ3v) is 4.83. The fraction of sp³-hybridized carbons (Fsp3) is 0.600. The van der Waals surface area contributed by atoms with Gasteiger partial charge in [0.1, 0.15) is 0 Å². The van der Waals surface area contributed by atoms with Gasteiger partial charge in [-0.2, -0.15) is 13.2 Å². The zero-order valence-electron chi connectivity index (χ0n) is 11.6. The molecular formula is C15H19BrF3N. The molecule has 0 radical (unpaired) electrons. The molecule has 0 amide bonds. The number of hydrogen-bond acceptors (Lipinski definition) is 1. The topological polar surface area (TPSA) is 12.0 Å². The molecule has 3 atom stereocenters. The Kier molecular flexibility index (Phi) is 4.67. The molecule has 1 nitrogen and oxygen atoms in total.